The Morgan fingerprint density at radius 3 is 3.00 bits per heavy atom. The first kappa shape index (κ1) is 10.00. The fourth-order valence-corrected chi connectivity index (χ4v) is 2.24. The van der Waals surface area contributed by atoms with E-state index in [0.717, 1.165) is 30.9 Å². The van der Waals surface area contributed by atoms with Crippen molar-refractivity contribution in [1.82, 2.24) is 0 Å². The summed E-state index contributed by atoms with van der Waals surface area (Å²) in [7, 11) is 0. The fourth-order valence-electron chi connectivity index (χ4n) is 2.24. The maximum atomic E-state index is 10.5. The highest BCUT2D eigenvalue weighted by molar-refractivity contribution is 6.37. The molecule has 0 saturated heterocycles. The molecule has 0 atom stereocenters. The van der Waals surface area contributed by atoms with Crippen molar-refractivity contribution in [3.05, 3.63) is 35.6 Å². The summed E-state index contributed by atoms with van der Waals surface area (Å²) in [6.07, 6.45) is 3.81. The van der Waals surface area contributed by atoms with Gasteiger partial charge < -0.3 is 4.90 Å². The Balaban J connectivity index is 2.02. The topological polar surface area (TPSA) is 45.0 Å². The molecule has 0 radical (unpaired) electrons. The van der Waals surface area contributed by atoms with Gasteiger partial charge in [0.2, 0.25) is 5.82 Å². The zero-order valence-corrected chi connectivity index (χ0v) is 9.26. The number of amidine groups is 1. The second-order valence-corrected chi connectivity index (χ2v) is 4.04. The average Bonchev–Trinajstić information content (AvgIpc) is 2.87. The molecule has 0 bridgehead atoms. The molecule has 0 spiro atoms. The monoisotopic (exact) mass is 225 g/mol. The Labute approximate surface area is 99.0 Å². The first-order valence-electron chi connectivity index (χ1n) is 5.62. The normalized spacial score (nSPS) is 17.8. The van der Waals surface area contributed by atoms with Crippen LogP contribution in [0.3, 0.4) is 0 Å². The molecule has 1 aromatic rings. The third kappa shape index (κ3) is 1.69. The van der Waals surface area contributed by atoms with Gasteiger partial charge in [-0.1, -0.05) is 18.2 Å². The summed E-state index contributed by atoms with van der Waals surface area (Å²) in [5, 5.41) is 0. The molecule has 2 heterocycles. The summed E-state index contributed by atoms with van der Waals surface area (Å²) in [5.41, 5.74) is 2.48. The van der Waals surface area contributed by atoms with Gasteiger partial charge in [-0.15, -0.1) is 0 Å². The molecule has 2 aliphatic heterocycles. The van der Waals surface area contributed by atoms with Gasteiger partial charge in [0.25, 0.3) is 0 Å². The number of nitrogens with zero attached hydrogens (tertiary/aromatic N) is 3. The molecular formula is C13H11N3O. The maximum absolute atomic E-state index is 10.5. The highest BCUT2D eigenvalue weighted by Crippen LogP contribution is 2.27. The predicted molar refractivity (Wildman–Crippen MR) is 67.2 cm³/mol. The van der Waals surface area contributed by atoms with Crippen LogP contribution in [0.5, 0.6) is 0 Å². The predicted octanol–water partition coefficient (Wildman–Crippen LogP) is 1.60. The van der Waals surface area contributed by atoms with E-state index in [1.807, 2.05) is 12.1 Å². The van der Waals surface area contributed by atoms with Crippen molar-refractivity contribution >= 4 is 23.7 Å². The summed E-state index contributed by atoms with van der Waals surface area (Å²) in [4.78, 5) is 20.6. The second-order valence-electron chi connectivity index (χ2n) is 4.04. The number of rotatable bonds is 0. The van der Waals surface area contributed by atoms with Crippen molar-refractivity contribution < 1.29 is 4.79 Å². The number of fused-ring (bicyclic) bond motifs is 1. The Kier molecular flexibility index (Phi) is 2.35. The average molecular weight is 225 g/mol. The third-order valence-electron chi connectivity index (χ3n) is 3.00. The SMILES string of the molecule is O=C=C1N=CC(N2CCCc3ccccc32)=N1. The number of anilines is 1. The van der Waals surface area contributed by atoms with Gasteiger partial charge in [-0.25, -0.2) is 9.79 Å². The van der Waals surface area contributed by atoms with E-state index < -0.39 is 0 Å². The smallest absolute Gasteiger partial charge is 0.240 e. The van der Waals surface area contributed by atoms with E-state index in [4.69, 9.17) is 0 Å². The minimum atomic E-state index is 0.128. The van der Waals surface area contributed by atoms with Gasteiger partial charge in [-0.05, 0) is 24.5 Å². The van der Waals surface area contributed by atoms with E-state index in [2.05, 4.69) is 27.0 Å². The first-order chi connectivity index (χ1) is 8.38. The Morgan fingerprint density at radius 1 is 1.29 bits per heavy atom. The van der Waals surface area contributed by atoms with Crippen LogP contribution in [0.1, 0.15) is 12.0 Å². The minimum absolute atomic E-state index is 0.128. The number of benzene rings is 1. The van der Waals surface area contributed by atoms with Crippen molar-refractivity contribution in [3.63, 3.8) is 0 Å². The lowest BCUT2D eigenvalue weighted by atomic mass is 10.0. The van der Waals surface area contributed by atoms with Crippen molar-refractivity contribution in [2.24, 2.45) is 9.98 Å². The van der Waals surface area contributed by atoms with Gasteiger partial charge in [-0.3, -0.25) is 0 Å². The summed E-state index contributed by atoms with van der Waals surface area (Å²) < 4.78 is 0. The molecule has 84 valence electrons. The van der Waals surface area contributed by atoms with Crippen LogP contribution in [-0.2, 0) is 11.2 Å². The van der Waals surface area contributed by atoms with Crippen LogP contribution in [-0.4, -0.2) is 24.5 Å². The fraction of sp³-hybridized carbons (Fsp3) is 0.231. The third-order valence-corrected chi connectivity index (χ3v) is 3.00. The molecule has 4 heteroatoms. The van der Waals surface area contributed by atoms with Crippen LogP contribution in [0.25, 0.3) is 0 Å². The van der Waals surface area contributed by atoms with Crippen LogP contribution >= 0.6 is 0 Å². The number of aliphatic imine (C=N–C) groups is 2. The minimum Gasteiger partial charge on any atom is -0.325 e. The van der Waals surface area contributed by atoms with Crippen LogP contribution in [0.4, 0.5) is 5.69 Å². The first-order valence-corrected chi connectivity index (χ1v) is 5.62. The lowest BCUT2D eigenvalue weighted by Crippen LogP contribution is -2.35. The van der Waals surface area contributed by atoms with E-state index in [1.165, 1.54) is 5.56 Å². The maximum Gasteiger partial charge on any atom is 0.240 e. The van der Waals surface area contributed by atoms with Crippen LogP contribution in [0.2, 0.25) is 0 Å². The number of hydrogen-bond donors (Lipinski definition) is 0. The molecule has 0 saturated carbocycles. The van der Waals surface area contributed by atoms with Gasteiger partial charge in [0, 0.05) is 12.2 Å². The number of aryl methyl sites for hydroxylation is 1. The van der Waals surface area contributed by atoms with Gasteiger partial charge in [0.1, 0.15) is 0 Å². The summed E-state index contributed by atoms with van der Waals surface area (Å²) in [6.45, 7) is 0.911. The molecule has 2 aliphatic rings. The summed E-state index contributed by atoms with van der Waals surface area (Å²) in [5.74, 6) is 2.57. The number of para-hydroxylation sites is 1. The molecule has 0 unspecified atom stereocenters. The van der Waals surface area contributed by atoms with Gasteiger partial charge >= 0.3 is 0 Å². The number of hydrogen-bond acceptors (Lipinski definition) is 4. The Morgan fingerprint density at radius 2 is 2.18 bits per heavy atom. The van der Waals surface area contributed by atoms with Crippen molar-refractivity contribution in [3.8, 4) is 0 Å². The van der Waals surface area contributed by atoms with Crippen LogP contribution in [0, 0.1) is 0 Å². The zero-order valence-electron chi connectivity index (χ0n) is 9.26. The van der Waals surface area contributed by atoms with E-state index in [1.54, 1.807) is 12.2 Å². The van der Waals surface area contributed by atoms with Gasteiger partial charge in [0.15, 0.2) is 11.8 Å². The number of carbonyl (C=O) groups excluding carboxylic acids is 1. The van der Waals surface area contributed by atoms with E-state index in [0.29, 0.717) is 0 Å². The lowest BCUT2D eigenvalue weighted by Gasteiger charge is -2.29. The largest absolute Gasteiger partial charge is 0.325 e. The summed E-state index contributed by atoms with van der Waals surface area (Å²) >= 11 is 0. The van der Waals surface area contributed by atoms with E-state index in [9.17, 15) is 4.79 Å². The van der Waals surface area contributed by atoms with Crippen molar-refractivity contribution in [1.29, 1.82) is 0 Å². The Hall–Kier alpha value is -2.19. The standard InChI is InChI=1S/C13H11N3O/c17-9-12-14-8-13(15-12)16-7-3-5-10-4-1-2-6-11(10)16/h1-2,4,6,8H,3,5,7H2. The van der Waals surface area contributed by atoms with Gasteiger partial charge in [0.05, 0.1) is 6.21 Å². The van der Waals surface area contributed by atoms with E-state index >= 15 is 0 Å². The summed E-state index contributed by atoms with van der Waals surface area (Å²) in [6, 6.07) is 8.27. The highest BCUT2D eigenvalue weighted by atomic mass is 16.1. The molecule has 0 aromatic heterocycles. The molecule has 0 amide bonds. The Bertz CT molecular complexity index is 568. The quantitative estimate of drug-likeness (QED) is 0.629. The molecule has 4 nitrogen and oxygen atoms in total. The van der Waals surface area contributed by atoms with Crippen LogP contribution in [0.15, 0.2) is 40.1 Å². The zero-order chi connectivity index (χ0) is 11.7. The van der Waals surface area contributed by atoms with E-state index in [-0.39, 0.29) is 5.82 Å². The molecule has 0 fully saturated rings. The van der Waals surface area contributed by atoms with Crippen molar-refractivity contribution in [2.45, 2.75) is 12.8 Å². The molecule has 17 heavy (non-hydrogen) atoms. The highest BCUT2D eigenvalue weighted by Gasteiger charge is 2.21. The molecule has 1 aromatic carbocycles. The molecular weight excluding hydrogens is 214 g/mol. The lowest BCUT2D eigenvalue weighted by molar-refractivity contribution is 0.566. The molecule has 0 aliphatic carbocycles. The van der Waals surface area contributed by atoms with Crippen molar-refractivity contribution in [2.75, 3.05) is 11.4 Å². The second kappa shape index (κ2) is 4.00. The molecule has 0 N–H and O–H groups in total. The van der Waals surface area contributed by atoms with Gasteiger partial charge in [-0.2, -0.15) is 4.99 Å². The van der Waals surface area contributed by atoms with Crippen LogP contribution < -0.4 is 4.90 Å². The molecule has 3 rings (SSSR count).